The van der Waals surface area contributed by atoms with Gasteiger partial charge >= 0.3 is 5.97 Å². The zero-order valence-corrected chi connectivity index (χ0v) is 19.1. The zero-order valence-electron chi connectivity index (χ0n) is 17.6. The van der Waals surface area contributed by atoms with E-state index in [4.69, 9.17) is 9.47 Å². The van der Waals surface area contributed by atoms with Gasteiger partial charge in [0.05, 0.1) is 17.5 Å². The minimum absolute atomic E-state index is 0.276. The number of benzene rings is 1. The van der Waals surface area contributed by atoms with Gasteiger partial charge < -0.3 is 14.0 Å². The first-order chi connectivity index (χ1) is 13.5. The number of fused-ring (bicyclic) bond motifs is 1. The Hall–Kier alpha value is -2.41. The molecule has 29 heavy (non-hydrogen) atoms. The summed E-state index contributed by atoms with van der Waals surface area (Å²) in [5.41, 5.74) is 0.715. The zero-order chi connectivity index (χ0) is 21.4. The molecule has 0 saturated heterocycles. The largest absolute Gasteiger partial charge is 0.482 e. The number of esters is 1. The monoisotopic (exact) mass is 459 g/mol. The molecule has 0 aliphatic heterocycles. The molecule has 2 heterocycles. The number of ether oxygens (including phenoxy) is 2. The second kappa shape index (κ2) is 7.78. The molecule has 0 amide bonds. The number of aromatic nitrogens is 3. The van der Waals surface area contributed by atoms with Crippen molar-refractivity contribution < 1.29 is 14.3 Å². The van der Waals surface area contributed by atoms with Crippen molar-refractivity contribution in [2.45, 2.75) is 58.8 Å². The van der Waals surface area contributed by atoms with Crippen LogP contribution in [0.4, 0.5) is 0 Å². The molecule has 3 aromatic rings. The summed E-state index contributed by atoms with van der Waals surface area (Å²) in [5, 5.41) is 0. The lowest BCUT2D eigenvalue weighted by molar-refractivity contribution is -0.164. The van der Waals surface area contributed by atoms with Crippen molar-refractivity contribution in [1.82, 2.24) is 14.5 Å². The minimum Gasteiger partial charge on any atom is -0.482 e. The maximum Gasteiger partial charge on any atom is 0.332 e. The molecule has 0 saturated carbocycles. The van der Waals surface area contributed by atoms with Gasteiger partial charge in [0, 0.05) is 10.7 Å². The fourth-order valence-corrected chi connectivity index (χ4v) is 3.39. The van der Waals surface area contributed by atoms with E-state index in [0.717, 1.165) is 21.2 Å². The first-order valence-corrected chi connectivity index (χ1v) is 10.3. The van der Waals surface area contributed by atoms with Gasteiger partial charge in [0.25, 0.3) is 0 Å². The Morgan fingerprint density at radius 3 is 2.48 bits per heavy atom. The first-order valence-electron chi connectivity index (χ1n) is 9.47. The van der Waals surface area contributed by atoms with Gasteiger partial charge in [-0.3, -0.25) is 4.98 Å². The molecule has 0 spiro atoms. The van der Waals surface area contributed by atoms with Crippen LogP contribution in [0, 0.1) is 0 Å². The molecule has 0 unspecified atom stereocenters. The average molecular weight is 460 g/mol. The summed E-state index contributed by atoms with van der Waals surface area (Å²) < 4.78 is 14.6. The van der Waals surface area contributed by atoms with Crippen LogP contribution in [0.2, 0.25) is 0 Å². The number of carbonyl (C=O) groups is 1. The third-order valence-corrected chi connectivity index (χ3v) is 4.94. The standard InChI is InChI=1S/C22H26BrN3O3/c1-14(16-9-7-8-10-24-16)28-18-12-15(23)11-17-19(18)26(13-25-17)22(5,6)20(27)29-21(2,3)4/h7-14H,1-6H3/t14-/m1/s1. The number of nitrogens with zero attached hydrogens (tertiary/aromatic N) is 3. The summed E-state index contributed by atoms with van der Waals surface area (Å²) in [6, 6.07) is 9.49. The van der Waals surface area contributed by atoms with Crippen molar-refractivity contribution in [3.63, 3.8) is 0 Å². The van der Waals surface area contributed by atoms with E-state index in [1.807, 2.05) is 76.4 Å². The van der Waals surface area contributed by atoms with Gasteiger partial charge in [-0.2, -0.15) is 0 Å². The van der Waals surface area contributed by atoms with Gasteiger partial charge in [0.1, 0.15) is 28.5 Å². The lowest BCUT2D eigenvalue weighted by Gasteiger charge is -2.30. The lowest BCUT2D eigenvalue weighted by atomic mass is 10.0. The number of hydrogen-bond donors (Lipinski definition) is 0. The van der Waals surface area contributed by atoms with Gasteiger partial charge in [-0.05, 0) is 65.8 Å². The molecule has 0 bridgehead atoms. The lowest BCUT2D eigenvalue weighted by Crippen LogP contribution is -2.41. The van der Waals surface area contributed by atoms with E-state index < -0.39 is 11.1 Å². The smallest absolute Gasteiger partial charge is 0.332 e. The van der Waals surface area contributed by atoms with Gasteiger partial charge in [0.15, 0.2) is 0 Å². The SMILES string of the molecule is C[C@@H](Oc1cc(Br)cc2ncn(C(C)(C)C(=O)OC(C)(C)C)c12)c1ccccn1. The van der Waals surface area contributed by atoms with E-state index >= 15 is 0 Å². The molecule has 0 fully saturated rings. The topological polar surface area (TPSA) is 66.2 Å². The average Bonchev–Trinajstić information content (AvgIpc) is 3.05. The normalized spacial score (nSPS) is 13.3. The number of pyridine rings is 1. The van der Waals surface area contributed by atoms with Gasteiger partial charge in [-0.1, -0.05) is 22.0 Å². The van der Waals surface area contributed by atoms with Crippen LogP contribution in [0.15, 0.2) is 47.3 Å². The summed E-state index contributed by atoms with van der Waals surface area (Å²) >= 11 is 3.52. The Kier molecular flexibility index (Phi) is 5.72. The Morgan fingerprint density at radius 1 is 1.14 bits per heavy atom. The molecular weight excluding hydrogens is 434 g/mol. The third-order valence-electron chi connectivity index (χ3n) is 4.48. The fourth-order valence-electron chi connectivity index (χ4n) is 2.96. The number of rotatable bonds is 5. The molecule has 2 aromatic heterocycles. The van der Waals surface area contributed by atoms with Crippen LogP contribution >= 0.6 is 15.9 Å². The van der Waals surface area contributed by atoms with Crippen LogP contribution in [0.1, 0.15) is 53.3 Å². The Bertz CT molecular complexity index is 1020. The van der Waals surface area contributed by atoms with Gasteiger partial charge in [-0.25, -0.2) is 9.78 Å². The second-order valence-corrected chi connectivity index (χ2v) is 9.38. The van der Waals surface area contributed by atoms with E-state index in [1.165, 1.54) is 0 Å². The quantitative estimate of drug-likeness (QED) is 0.477. The second-order valence-electron chi connectivity index (χ2n) is 8.46. The van der Waals surface area contributed by atoms with Gasteiger partial charge in [0.2, 0.25) is 0 Å². The highest BCUT2D eigenvalue weighted by Crippen LogP contribution is 2.36. The van der Waals surface area contributed by atoms with Crippen molar-refractivity contribution in [1.29, 1.82) is 0 Å². The first kappa shape index (κ1) is 21.3. The highest BCUT2D eigenvalue weighted by atomic mass is 79.9. The summed E-state index contributed by atoms with van der Waals surface area (Å²) in [4.78, 5) is 21.8. The molecular formula is C22H26BrN3O3. The van der Waals surface area contributed by atoms with Crippen LogP contribution in [-0.4, -0.2) is 26.1 Å². The predicted octanol–water partition coefficient (Wildman–Crippen LogP) is 5.41. The maximum absolute atomic E-state index is 12.9. The fraction of sp³-hybridized carbons (Fsp3) is 0.409. The Balaban J connectivity index is 2.05. The molecule has 1 aromatic carbocycles. The Morgan fingerprint density at radius 2 is 1.86 bits per heavy atom. The third kappa shape index (κ3) is 4.61. The summed E-state index contributed by atoms with van der Waals surface area (Å²) in [7, 11) is 0. The van der Waals surface area contributed by atoms with Crippen LogP contribution in [0.25, 0.3) is 11.0 Å². The van der Waals surface area contributed by atoms with Crippen molar-refractivity contribution in [2.75, 3.05) is 0 Å². The highest BCUT2D eigenvalue weighted by Gasteiger charge is 2.36. The van der Waals surface area contributed by atoms with E-state index in [9.17, 15) is 4.79 Å². The maximum atomic E-state index is 12.9. The molecule has 1 atom stereocenters. The predicted molar refractivity (Wildman–Crippen MR) is 116 cm³/mol. The molecule has 7 heteroatoms. The van der Waals surface area contributed by atoms with Crippen LogP contribution < -0.4 is 4.74 Å². The Labute approximate surface area is 179 Å². The molecule has 0 aliphatic rings. The number of halogens is 1. The highest BCUT2D eigenvalue weighted by molar-refractivity contribution is 9.10. The van der Waals surface area contributed by atoms with Crippen LogP contribution in [0.5, 0.6) is 5.75 Å². The summed E-state index contributed by atoms with van der Waals surface area (Å²) in [5.74, 6) is 0.276. The van der Waals surface area contributed by atoms with Crippen LogP contribution in [-0.2, 0) is 15.1 Å². The van der Waals surface area contributed by atoms with Crippen LogP contribution in [0.3, 0.4) is 0 Å². The molecule has 0 N–H and O–H groups in total. The van der Waals surface area contributed by atoms with E-state index in [2.05, 4.69) is 25.9 Å². The number of imidazole rings is 1. The van der Waals surface area contributed by atoms with E-state index in [-0.39, 0.29) is 12.1 Å². The van der Waals surface area contributed by atoms with Crippen molar-refractivity contribution in [2.24, 2.45) is 0 Å². The van der Waals surface area contributed by atoms with Crippen molar-refractivity contribution in [3.8, 4) is 5.75 Å². The van der Waals surface area contributed by atoms with Crippen molar-refractivity contribution in [3.05, 3.63) is 53.0 Å². The molecule has 0 aliphatic carbocycles. The van der Waals surface area contributed by atoms with Gasteiger partial charge in [-0.15, -0.1) is 0 Å². The number of carbonyl (C=O) groups excluding carboxylic acids is 1. The summed E-state index contributed by atoms with van der Waals surface area (Å²) in [6.45, 7) is 11.1. The van der Waals surface area contributed by atoms with E-state index in [0.29, 0.717) is 5.75 Å². The van der Waals surface area contributed by atoms with Crippen molar-refractivity contribution >= 4 is 32.9 Å². The molecule has 6 nitrogen and oxygen atoms in total. The molecule has 154 valence electrons. The minimum atomic E-state index is -0.970. The molecule has 0 radical (unpaired) electrons. The number of hydrogen-bond acceptors (Lipinski definition) is 5. The van der Waals surface area contributed by atoms with E-state index in [1.54, 1.807) is 12.5 Å². The summed E-state index contributed by atoms with van der Waals surface area (Å²) in [6.07, 6.45) is 3.11. The molecule has 3 rings (SSSR count).